The van der Waals surface area contributed by atoms with Gasteiger partial charge in [-0.05, 0) is 97.2 Å². The molecule has 0 N–H and O–H groups in total. The van der Waals surface area contributed by atoms with Crippen molar-refractivity contribution in [2.24, 2.45) is 36.1 Å². The minimum Gasteiger partial charge on any atom is -0.494 e. The van der Waals surface area contributed by atoms with Crippen LogP contribution in [0.25, 0.3) is 39.5 Å². The Morgan fingerprint density at radius 2 is 1.96 bits per heavy atom. The van der Waals surface area contributed by atoms with Crippen LogP contribution in [0.2, 0.25) is 0 Å². The smallest absolute Gasteiger partial charge is 0.258 e. The minimum atomic E-state index is 0.0706. The lowest BCUT2D eigenvalue weighted by Gasteiger charge is -2.57. The summed E-state index contributed by atoms with van der Waals surface area (Å²) >= 11 is 0. The van der Waals surface area contributed by atoms with Crippen LogP contribution in [0.3, 0.4) is 0 Å². The van der Waals surface area contributed by atoms with Crippen molar-refractivity contribution in [2.45, 2.75) is 38.6 Å². The number of ether oxygens (including phenoxy) is 1. The summed E-state index contributed by atoms with van der Waals surface area (Å²) in [6.45, 7) is 1.86. The Bertz CT molecular complexity index is 2150. The van der Waals surface area contributed by atoms with Crippen LogP contribution < -0.4 is 4.74 Å². The number of benzene rings is 3. The molecule has 3 aromatic carbocycles. The predicted molar refractivity (Wildman–Crippen MR) is 181 cm³/mol. The average Bonchev–Trinajstić information content (AvgIpc) is 3.88. The summed E-state index contributed by atoms with van der Waals surface area (Å²) in [4.78, 5) is 21.0. The molecule has 3 saturated carbocycles. The van der Waals surface area contributed by atoms with Gasteiger partial charge in [0.1, 0.15) is 11.3 Å². The molecule has 5 aliphatic rings. The fraction of sp³-hybridized carbons (Fsp3) is 0.350. The van der Waals surface area contributed by atoms with E-state index in [2.05, 4.69) is 89.0 Å². The van der Waals surface area contributed by atoms with E-state index >= 15 is 0 Å². The molecule has 1 saturated heterocycles. The second kappa shape index (κ2) is 9.47. The molecule has 10 rings (SSSR count). The van der Waals surface area contributed by atoms with Gasteiger partial charge in [-0.25, -0.2) is 4.98 Å². The molecule has 230 valence electrons. The molecule has 3 unspecified atom stereocenters. The number of allylic oxidation sites excluding steroid dienone is 2. The summed E-state index contributed by atoms with van der Waals surface area (Å²) in [5, 5.41) is 1.23. The number of carbonyl (C=O) groups excluding carboxylic acids is 1. The Kier molecular flexibility index (Phi) is 5.48. The largest absolute Gasteiger partial charge is 0.494 e. The molecule has 2 aromatic heterocycles. The molecular formula is C40H38N4O2. The van der Waals surface area contributed by atoms with Crippen molar-refractivity contribution >= 4 is 33.9 Å². The maximum atomic E-state index is 13.8. The minimum absolute atomic E-state index is 0.0706. The zero-order valence-electron chi connectivity index (χ0n) is 26.4. The van der Waals surface area contributed by atoms with E-state index in [4.69, 9.17) is 9.72 Å². The van der Waals surface area contributed by atoms with Gasteiger partial charge in [0, 0.05) is 47.7 Å². The van der Waals surface area contributed by atoms with Gasteiger partial charge in [0.2, 0.25) is 0 Å². The van der Waals surface area contributed by atoms with Crippen LogP contribution in [0.5, 0.6) is 5.75 Å². The van der Waals surface area contributed by atoms with Crippen molar-refractivity contribution < 1.29 is 9.53 Å². The maximum Gasteiger partial charge on any atom is 0.258 e. The molecule has 5 aromatic rings. The molecule has 6 nitrogen and oxygen atoms in total. The summed E-state index contributed by atoms with van der Waals surface area (Å²) < 4.78 is 10.5. The number of nitrogens with zero attached hydrogens (tertiary/aromatic N) is 4. The molecule has 6 heteroatoms. The molecule has 4 atom stereocenters. The number of methoxy groups -OCH3 is 1. The van der Waals surface area contributed by atoms with Gasteiger partial charge in [-0.2, -0.15) is 0 Å². The van der Waals surface area contributed by atoms with Crippen molar-refractivity contribution in [3.8, 4) is 17.3 Å². The first-order valence-electron chi connectivity index (χ1n) is 17.0. The zero-order valence-corrected chi connectivity index (χ0v) is 26.4. The highest BCUT2D eigenvalue weighted by Gasteiger charge is 2.80. The number of amides is 1. The van der Waals surface area contributed by atoms with Gasteiger partial charge in [0.25, 0.3) is 5.91 Å². The van der Waals surface area contributed by atoms with Gasteiger partial charge in [-0.15, -0.1) is 0 Å². The van der Waals surface area contributed by atoms with Gasteiger partial charge in [-0.3, -0.25) is 4.79 Å². The first-order valence-corrected chi connectivity index (χ1v) is 17.0. The standard InChI is InChI=1S/C40H38N4O2/c1-42-37-31(17-28(19-34(37)46-2)39(45)44-23-40-21-30-29(36(30)40)20-35(40)44)41-38(42)33-18-27-16-25(11-7-6-10-24-8-4-3-5-9-24)14-15-32(27)43(33)22-26-12-13-26/h3-5,7-9,11,14-20,26,29-30,36H,6,10,12-13,21-23H2,1-2H3/b11-7+/t29?,30?,36-,40?/m0/s1. The topological polar surface area (TPSA) is 52.3 Å². The third-order valence-corrected chi connectivity index (χ3v) is 11.8. The number of hydrogen-bond donors (Lipinski definition) is 0. The van der Waals surface area contributed by atoms with Crippen molar-refractivity contribution in [3.63, 3.8) is 0 Å². The Labute approximate surface area is 269 Å². The highest BCUT2D eigenvalue weighted by molar-refractivity contribution is 6.02. The fourth-order valence-electron chi connectivity index (χ4n) is 9.18. The lowest BCUT2D eigenvalue weighted by molar-refractivity contribution is -0.000970. The van der Waals surface area contributed by atoms with E-state index in [1.165, 1.54) is 47.0 Å². The van der Waals surface area contributed by atoms with Crippen molar-refractivity contribution in [1.29, 1.82) is 0 Å². The number of aryl methyl sites for hydroxylation is 2. The normalized spacial score (nSPS) is 25.4. The Hall–Kier alpha value is -4.58. The van der Waals surface area contributed by atoms with Gasteiger partial charge in [-0.1, -0.05) is 54.6 Å². The SMILES string of the molecule is COc1cc(C(=O)N2CC34CC5C(C=C23)[C@@H]54)cc2nc(-c3cc4cc(/C=C/CCc5ccccc5)ccc4n3CC3CC3)n(C)c12. The average molecular weight is 607 g/mol. The number of imidazole rings is 1. The van der Waals surface area contributed by atoms with E-state index in [9.17, 15) is 4.79 Å². The van der Waals surface area contributed by atoms with E-state index in [1.54, 1.807) is 7.11 Å². The lowest BCUT2D eigenvalue weighted by Crippen LogP contribution is -2.60. The van der Waals surface area contributed by atoms with Crippen LogP contribution in [-0.4, -0.2) is 38.6 Å². The summed E-state index contributed by atoms with van der Waals surface area (Å²) in [7, 11) is 3.76. The number of rotatable bonds is 9. The Morgan fingerprint density at radius 3 is 2.74 bits per heavy atom. The van der Waals surface area contributed by atoms with E-state index in [-0.39, 0.29) is 5.91 Å². The van der Waals surface area contributed by atoms with E-state index < -0.39 is 0 Å². The molecule has 4 aliphatic carbocycles. The molecule has 3 heterocycles. The van der Waals surface area contributed by atoms with Gasteiger partial charge in [0.05, 0.1) is 18.3 Å². The van der Waals surface area contributed by atoms with E-state index in [0.29, 0.717) is 22.6 Å². The van der Waals surface area contributed by atoms with Crippen molar-refractivity contribution in [2.75, 3.05) is 13.7 Å². The quantitative estimate of drug-likeness (QED) is 0.172. The molecule has 46 heavy (non-hydrogen) atoms. The highest BCUT2D eigenvalue weighted by atomic mass is 16.5. The molecule has 0 radical (unpaired) electrons. The molecule has 1 aliphatic heterocycles. The van der Waals surface area contributed by atoms with Crippen LogP contribution in [0.1, 0.15) is 47.2 Å². The van der Waals surface area contributed by atoms with Crippen LogP contribution in [-0.2, 0) is 20.0 Å². The molecule has 1 spiro atoms. The third kappa shape index (κ3) is 3.76. The zero-order chi connectivity index (χ0) is 30.7. The lowest BCUT2D eigenvalue weighted by atomic mass is 9.61. The summed E-state index contributed by atoms with van der Waals surface area (Å²) in [5.41, 5.74) is 8.92. The fourth-order valence-corrected chi connectivity index (χ4v) is 9.18. The van der Waals surface area contributed by atoms with E-state index in [1.807, 2.05) is 17.0 Å². The van der Waals surface area contributed by atoms with Gasteiger partial charge >= 0.3 is 0 Å². The third-order valence-electron chi connectivity index (χ3n) is 11.8. The first kappa shape index (κ1) is 26.6. The van der Waals surface area contributed by atoms with Gasteiger partial charge in [0.15, 0.2) is 5.82 Å². The van der Waals surface area contributed by atoms with Crippen LogP contribution in [0.4, 0.5) is 0 Å². The second-order valence-corrected chi connectivity index (χ2v) is 14.4. The summed E-state index contributed by atoms with van der Waals surface area (Å²) in [5.74, 6) is 4.85. The number of hydrogen-bond acceptors (Lipinski definition) is 3. The van der Waals surface area contributed by atoms with Crippen LogP contribution in [0, 0.1) is 29.1 Å². The van der Waals surface area contributed by atoms with Gasteiger partial charge < -0.3 is 18.8 Å². The summed E-state index contributed by atoms with van der Waals surface area (Å²) in [6.07, 6.45) is 12.8. The summed E-state index contributed by atoms with van der Waals surface area (Å²) in [6, 6.07) is 23.6. The first-order chi connectivity index (χ1) is 22.5. The highest BCUT2D eigenvalue weighted by Crippen LogP contribution is 2.82. The Morgan fingerprint density at radius 1 is 1.09 bits per heavy atom. The number of likely N-dealkylation sites (tertiary alicyclic amines) is 1. The number of carbonyl (C=O) groups is 1. The second-order valence-electron chi connectivity index (χ2n) is 14.4. The molecular weight excluding hydrogens is 568 g/mol. The molecule has 4 fully saturated rings. The Balaban J connectivity index is 0.989. The maximum absolute atomic E-state index is 13.8. The molecule has 1 amide bonds. The number of aromatic nitrogens is 3. The molecule has 0 bridgehead atoms. The van der Waals surface area contributed by atoms with Crippen molar-refractivity contribution in [1.82, 2.24) is 19.0 Å². The predicted octanol–water partition coefficient (Wildman–Crippen LogP) is 7.87. The van der Waals surface area contributed by atoms with Crippen molar-refractivity contribution in [3.05, 3.63) is 101 Å². The van der Waals surface area contributed by atoms with E-state index in [0.717, 1.165) is 66.2 Å². The monoisotopic (exact) mass is 606 g/mol. The van der Waals surface area contributed by atoms with Crippen LogP contribution in [0.15, 0.2) is 84.6 Å². The van der Waals surface area contributed by atoms with Crippen LogP contribution >= 0.6 is 0 Å². The number of fused-ring (bicyclic) bond motifs is 3.